The lowest BCUT2D eigenvalue weighted by atomic mass is 9.83. The molecule has 1 aromatic rings. The van der Waals surface area contributed by atoms with E-state index in [0.29, 0.717) is 17.0 Å². The Labute approximate surface area is 147 Å². The number of hydrogen-bond donors (Lipinski definition) is 1. The highest BCUT2D eigenvalue weighted by molar-refractivity contribution is 6.21. The average Bonchev–Trinajstić information content (AvgIpc) is 2.85. The maximum atomic E-state index is 12.3. The molecule has 0 bridgehead atoms. The van der Waals surface area contributed by atoms with E-state index in [-0.39, 0.29) is 30.7 Å². The smallest absolute Gasteiger partial charge is 0.308 e. The number of ether oxygens (including phenoxy) is 1. The van der Waals surface area contributed by atoms with E-state index in [9.17, 15) is 14.4 Å². The van der Waals surface area contributed by atoms with Gasteiger partial charge in [0.2, 0.25) is 0 Å². The summed E-state index contributed by atoms with van der Waals surface area (Å²) in [4.78, 5) is 38.0. The number of carbonyl (C=O) groups excluding carboxylic acids is 3. The molecule has 0 unspecified atom stereocenters. The van der Waals surface area contributed by atoms with Crippen LogP contribution in [0.5, 0.6) is 0 Å². The number of hydrogen-bond acceptors (Lipinski definition) is 5. The minimum absolute atomic E-state index is 0.0138. The van der Waals surface area contributed by atoms with Crippen LogP contribution in [0.2, 0.25) is 0 Å². The summed E-state index contributed by atoms with van der Waals surface area (Å²) in [6, 6.07) is 6.72. The van der Waals surface area contributed by atoms with Gasteiger partial charge >= 0.3 is 5.97 Å². The number of rotatable bonds is 5. The van der Waals surface area contributed by atoms with Crippen molar-refractivity contribution in [1.82, 2.24) is 10.2 Å². The molecule has 2 amide bonds. The molecule has 1 aromatic carbocycles. The van der Waals surface area contributed by atoms with Crippen molar-refractivity contribution in [3.05, 3.63) is 35.4 Å². The fraction of sp³-hybridized carbons (Fsp3) is 0.526. The normalized spacial score (nSPS) is 18.4. The van der Waals surface area contributed by atoms with Gasteiger partial charge in [0, 0.05) is 12.5 Å². The summed E-state index contributed by atoms with van der Waals surface area (Å²) in [6.45, 7) is 5.78. The average molecular weight is 344 g/mol. The van der Waals surface area contributed by atoms with Crippen molar-refractivity contribution in [3.63, 3.8) is 0 Å². The maximum absolute atomic E-state index is 12.3. The molecule has 0 radical (unpaired) electrons. The standard InChI is InChI=1S/C19H24N2O4/c1-19(2,13-7-10-20-11-8-13)25-16(22)9-12-21-17(23)14-5-3-4-6-15(14)18(21)24/h3-6,13,20H,7-12H2,1-2H3. The van der Waals surface area contributed by atoms with Crippen molar-refractivity contribution in [1.29, 1.82) is 0 Å². The van der Waals surface area contributed by atoms with Crippen LogP contribution in [0.4, 0.5) is 0 Å². The zero-order chi connectivity index (χ0) is 18.0. The first-order valence-electron chi connectivity index (χ1n) is 8.78. The lowest BCUT2D eigenvalue weighted by molar-refractivity contribution is -0.162. The number of carbonyl (C=O) groups is 3. The highest BCUT2D eigenvalue weighted by Gasteiger charge is 2.37. The fourth-order valence-electron chi connectivity index (χ4n) is 3.59. The van der Waals surface area contributed by atoms with Crippen LogP contribution < -0.4 is 5.32 Å². The van der Waals surface area contributed by atoms with E-state index in [1.54, 1.807) is 24.3 Å². The summed E-state index contributed by atoms with van der Waals surface area (Å²) in [5.74, 6) is -0.742. The van der Waals surface area contributed by atoms with Gasteiger partial charge in [0.15, 0.2) is 0 Å². The minimum Gasteiger partial charge on any atom is -0.459 e. The summed E-state index contributed by atoms with van der Waals surface area (Å²) >= 11 is 0. The van der Waals surface area contributed by atoms with E-state index >= 15 is 0 Å². The molecule has 1 saturated heterocycles. The quantitative estimate of drug-likeness (QED) is 0.653. The van der Waals surface area contributed by atoms with Crippen LogP contribution >= 0.6 is 0 Å². The Bertz CT molecular complexity index is 657. The summed E-state index contributed by atoms with van der Waals surface area (Å²) in [5, 5.41) is 3.30. The second-order valence-corrected chi connectivity index (χ2v) is 7.16. The maximum Gasteiger partial charge on any atom is 0.308 e. The Hall–Kier alpha value is -2.21. The lowest BCUT2D eigenvalue weighted by Crippen LogP contribution is -2.43. The molecule has 2 heterocycles. The molecule has 0 spiro atoms. The summed E-state index contributed by atoms with van der Waals surface area (Å²) in [5.41, 5.74) is 0.257. The van der Waals surface area contributed by atoms with Crippen molar-refractivity contribution < 1.29 is 19.1 Å². The van der Waals surface area contributed by atoms with Gasteiger partial charge in [-0.15, -0.1) is 0 Å². The van der Waals surface area contributed by atoms with Crippen LogP contribution in [0.1, 0.15) is 53.8 Å². The first kappa shape index (κ1) is 17.6. The summed E-state index contributed by atoms with van der Waals surface area (Å²) in [7, 11) is 0. The number of nitrogens with zero attached hydrogens (tertiary/aromatic N) is 1. The number of imide groups is 1. The molecule has 134 valence electrons. The molecule has 6 nitrogen and oxygen atoms in total. The summed E-state index contributed by atoms with van der Waals surface area (Å²) < 4.78 is 5.67. The molecular formula is C19H24N2O4. The van der Waals surface area contributed by atoms with E-state index in [2.05, 4.69) is 5.32 Å². The van der Waals surface area contributed by atoms with Crippen LogP contribution in [-0.2, 0) is 9.53 Å². The Morgan fingerprint density at radius 3 is 2.28 bits per heavy atom. The first-order chi connectivity index (χ1) is 11.9. The molecule has 0 saturated carbocycles. The number of amides is 2. The SMILES string of the molecule is CC(C)(OC(=O)CCN1C(=O)c2ccccc2C1=O)C1CCNCC1. The molecular weight excluding hydrogens is 320 g/mol. The predicted molar refractivity (Wildman–Crippen MR) is 92.2 cm³/mol. The second-order valence-electron chi connectivity index (χ2n) is 7.16. The van der Waals surface area contributed by atoms with Crippen molar-refractivity contribution >= 4 is 17.8 Å². The highest BCUT2D eigenvalue weighted by atomic mass is 16.6. The molecule has 2 aliphatic rings. The summed E-state index contributed by atoms with van der Waals surface area (Å²) in [6.07, 6.45) is 1.96. The van der Waals surface area contributed by atoms with Crippen LogP contribution in [0, 0.1) is 5.92 Å². The zero-order valence-corrected chi connectivity index (χ0v) is 14.7. The molecule has 1 N–H and O–H groups in total. The van der Waals surface area contributed by atoms with E-state index in [1.165, 1.54) is 0 Å². The molecule has 2 aliphatic heterocycles. The van der Waals surface area contributed by atoms with Gasteiger partial charge in [0.05, 0.1) is 17.5 Å². The third-order valence-electron chi connectivity index (χ3n) is 5.12. The van der Waals surface area contributed by atoms with Crippen LogP contribution in [0.3, 0.4) is 0 Å². The van der Waals surface area contributed by atoms with E-state index < -0.39 is 5.60 Å². The van der Waals surface area contributed by atoms with Crippen LogP contribution in [-0.4, -0.2) is 47.9 Å². The van der Waals surface area contributed by atoms with Gasteiger partial charge in [-0.05, 0) is 51.9 Å². The Balaban J connectivity index is 1.56. The van der Waals surface area contributed by atoms with E-state index in [4.69, 9.17) is 4.74 Å². The first-order valence-corrected chi connectivity index (χ1v) is 8.78. The van der Waals surface area contributed by atoms with Crippen LogP contribution in [0.25, 0.3) is 0 Å². The van der Waals surface area contributed by atoms with Crippen molar-refractivity contribution in [2.24, 2.45) is 5.92 Å². The number of fused-ring (bicyclic) bond motifs is 1. The molecule has 1 fully saturated rings. The van der Waals surface area contributed by atoms with Crippen molar-refractivity contribution in [2.45, 2.75) is 38.7 Å². The van der Waals surface area contributed by atoms with E-state index in [0.717, 1.165) is 30.8 Å². The number of benzene rings is 1. The molecule has 3 rings (SSSR count). The van der Waals surface area contributed by atoms with Crippen molar-refractivity contribution in [3.8, 4) is 0 Å². The predicted octanol–water partition coefficient (Wildman–Crippen LogP) is 1.99. The third-order valence-corrected chi connectivity index (χ3v) is 5.12. The monoisotopic (exact) mass is 344 g/mol. The largest absolute Gasteiger partial charge is 0.459 e. The lowest BCUT2D eigenvalue weighted by Gasteiger charge is -2.36. The molecule has 0 aliphatic carbocycles. The Morgan fingerprint density at radius 1 is 1.16 bits per heavy atom. The topological polar surface area (TPSA) is 75.7 Å². The van der Waals surface area contributed by atoms with E-state index in [1.807, 2.05) is 13.8 Å². The number of nitrogens with one attached hydrogen (secondary N) is 1. The fourth-order valence-corrected chi connectivity index (χ4v) is 3.59. The van der Waals surface area contributed by atoms with Gasteiger partial charge in [-0.1, -0.05) is 12.1 Å². The van der Waals surface area contributed by atoms with Crippen molar-refractivity contribution in [2.75, 3.05) is 19.6 Å². The Morgan fingerprint density at radius 2 is 1.72 bits per heavy atom. The second kappa shape index (κ2) is 6.96. The minimum atomic E-state index is -0.541. The molecule has 6 heteroatoms. The van der Waals surface area contributed by atoms with Crippen LogP contribution in [0.15, 0.2) is 24.3 Å². The molecule has 0 aromatic heterocycles. The zero-order valence-electron chi connectivity index (χ0n) is 14.7. The van der Waals surface area contributed by atoms with Gasteiger partial charge < -0.3 is 10.1 Å². The molecule has 0 atom stereocenters. The highest BCUT2D eigenvalue weighted by Crippen LogP contribution is 2.29. The number of piperidine rings is 1. The Kier molecular flexibility index (Phi) is 4.90. The van der Waals surface area contributed by atoms with Gasteiger partial charge in [-0.25, -0.2) is 0 Å². The third kappa shape index (κ3) is 3.58. The number of esters is 1. The molecule has 25 heavy (non-hydrogen) atoms. The van der Waals surface area contributed by atoms with Gasteiger partial charge in [-0.2, -0.15) is 0 Å². The van der Waals surface area contributed by atoms with Gasteiger partial charge in [0.1, 0.15) is 5.60 Å². The van der Waals surface area contributed by atoms with Gasteiger partial charge in [-0.3, -0.25) is 19.3 Å². The van der Waals surface area contributed by atoms with Gasteiger partial charge in [0.25, 0.3) is 11.8 Å².